The molecule has 0 amide bonds. The van der Waals surface area contributed by atoms with Crippen LogP contribution in [0.15, 0.2) is 74.3 Å². The van der Waals surface area contributed by atoms with Crippen LogP contribution in [0.1, 0.15) is 11.3 Å². The first-order valence-corrected chi connectivity index (χ1v) is 10.9. The molecule has 0 fully saturated rings. The van der Waals surface area contributed by atoms with Gasteiger partial charge in [0.15, 0.2) is 0 Å². The Hall–Kier alpha value is -2.68. The molecule has 1 heterocycles. The first kappa shape index (κ1) is 23.5. The fourth-order valence-corrected chi connectivity index (χ4v) is 3.65. The monoisotopic (exact) mass is 558 g/mol. The number of ether oxygens (including phenoxy) is 2. The number of alkyl halides is 3. The Kier molecular flexibility index (Phi) is 6.61. The third-order valence-electron chi connectivity index (χ3n) is 4.52. The predicted octanol–water partition coefficient (Wildman–Crippen LogP) is 8.25. The smallest absolute Gasteiger partial charge is 0.453 e. The Labute approximate surface area is 203 Å². The van der Waals surface area contributed by atoms with E-state index in [9.17, 15) is 18.0 Å². The highest BCUT2D eigenvalue weighted by Gasteiger charge is 2.40. The molecule has 10 heteroatoms. The van der Waals surface area contributed by atoms with E-state index in [0.29, 0.717) is 20.1 Å². The second-order valence-corrected chi connectivity index (χ2v) is 8.48. The first-order chi connectivity index (χ1) is 15.6. The van der Waals surface area contributed by atoms with E-state index in [1.165, 1.54) is 24.3 Å². The van der Waals surface area contributed by atoms with Gasteiger partial charge in [-0.05, 0) is 57.9 Å². The molecule has 170 valence electrons. The molecule has 0 radical (unpaired) electrons. The molecule has 33 heavy (non-hydrogen) atoms. The molecule has 4 rings (SSSR count). The van der Waals surface area contributed by atoms with E-state index in [1.807, 2.05) is 0 Å². The van der Waals surface area contributed by atoms with Gasteiger partial charge in [-0.1, -0.05) is 41.4 Å². The summed E-state index contributed by atoms with van der Waals surface area (Å²) in [6.07, 6.45) is -4.97. The van der Waals surface area contributed by atoms with Crippen molar-refractivity contribution < 1.29 is 27.1 Å². The molecule has 0 saturated carbocycles. The quantitative estimate of drug-likeness (QED) is 0.247. The van der Waals surface area contributed by atoms with Crippen molar-refractivity contribution in [3.8, 4) is 17.2 Å². The lowest BCUT2D eigenvalue weighted by molar-refractivity contribution is -0.154. The molecule has 0 aliphatic heterocycles. The van der Waals surface area contributed by atoms with Crippen LogP contribution in [0.4, 0.5) is 13.2 Å². The summed E-state index contributed by atoms with van der Waals surface area (Å²) in [5.41, 5.74) is -0.562. The largest absolute Gasteiger partial charge is 0.489 e. The molecule has 0 unspecified atom stereocenters. The van der Waals surface area contributed by atoms with Crippen molar-refractivity contribution in [2.24, 2.45) is 0 Å². The molecule has 0 saturated heterocycles. The molecule has 3 aromatic carbocycles. The highest BCUT2D eigenvalue weighted by Crippen LogP contribution is 2.40. The summed E-state index contributed by atoms with van der Waals surface area (Å²) in [5, 5.41) is 0.634. The van der Waals surface area contributed by atoms with Crippen LogP contribution in [0, 0.1) is 0 Å². The molecule has 4 nitrogen and oxygen atoms in total. The standard InChI is InChI=1S/C23H12BrCl2F3O4/c24-15-3-1-2-4-18(15)32-21-20(30)14-7-6-13(10-19(14)33-22(21)23(27,28)29)31-11-12-5-8-16(25)17(26)9-12/h1-10H,11H2. The maximum Gasteiger partial charge on any atom is 0.453 e. The van der Waals surface area contributed by atoms with Gasteiger partial charge in [-0.25, -0.2) is 0 Å². The van der Waals surface area contributed by atoms with Crippen LogP contribution in [0.3, 0.4) is 0 Å². The van der Waals surface area contributed by atoms with Gasteiger partial charge in [-0.2, -0.15) is 13.2 Å². The first-order valence-electron chi connectivity index (χ1n) is 9.30. The van der Waals surface area contributed by atoms with Gasteiger partial charge in [-0.15, -0.1) is 0 Å². The van der Waals surface area contributed by atoms with Gasteiger partial charge in [0.25, 0.3) is 5.76 Å². The third kappa shape index (κ3) is 5.13. The van der Waals surface area contributed by atoms with Crippen LogP contribution in [-0.4, -0.2) is 0 Å². The van der Waals surface area contributed by atoms with Crippen LogP contribution in [0.5, 0.6) is 17.2 Å². The van der Waals surface area contributed by atoms with Gasteiger partial charge in [0, 0.05) is 6.07 Å². The van der Waals surface area contributed by atoms with Crippen molar-refractivity contribution in [2.45, 2.75) is 12.8 Å². The minimum absolute atomic E-state index is 0.0382. The summed E-state index contributed by atoms with van der Waals surface area (Å²) in [6, 6.07) is 15.1. The van der Waals surface area contributed by atoms with E-state index in [4.69, 9.17) is 37.1 Å². The zero-order valence-corrected chi connectivity index (χ0v) is 19.5. The average molecular weight is 560 g/mol. The second kappa shape index (κ2) is 9.29. The highest BCUT2D eigenvalue weighted by atomic mass is 79.9. The second-order valence-electron chi connectivity index (χ2n) is 6.81. The zero-order valence-electron chi connectivity index (χ0n) is 16.4. The van der Waals surface area contributed by atoms with Crippen LogP contribution in [-0.2, 0) is 12.8 Å². The van der Waals surface area contributed by atoms with Crippen LogP contribution < -0.4 is 14.9 Å². The molecule has 0 N–H and O–H groups in total. The van der Waals surface area contributed by atoms with Crippen molar-refractivity contribution in [3.63, 3.8) is 0 Å². The number of fused-ring (bicyclic) bond motifs is 1. The maximum atomic E-state index is 13.7. The molecule has 4 aromatic rings. The minimum atomic E-state index is -4.97. The molecular formula is C23H12BrCl2F3O4. The fraction of sp³-hybridized carbons (Fsp3) is 0.0870. The molecule has 0 atom stereocenters. The van der Waals surface area contributed by atoms with Gasteiger partial charge in [0.05, 0.1) is 19.9 Å². The number of benzene rings is 3. The molecular weight excluding hydrogens is 548 g/mol. The van der Waals surface area contributed by atoms with Gasteiger partial charge < -0.3 is 13.9 Å². The summed E-state index contributed by atoms with van der Waals surface area (Å²) in [5.74, 6) is -2.26. The lowest BCUT2D eigenvalue weighted by Gasteiger charge is -2.14. The van der Waals surface area contributed by atoms with Crippen molar-refractivity contribution in [1.29, 1.82) is 0 Å². The van der Waals surface area contributed by atoms with Crippen molar-refractivity contribution in [1.82, 2.24) is 0 Å². The third-order valence-corrected chi connectivity index (χ3v) is 5.91. The SMILES string of the molecule is O=c1c(Oc2ccccc2Br)c(C(F)(F)F)oc2cc(OCc3ccc(Cl)c(Cl)c3)ccc12. The Morgan fingerprint density at radius 1 is 0.970 bits per heavy atom. The summed E-state index contributed by atoms with van der Waals surface area (Å²) in [6.45, 7) is 0.0714. The van der Waals surface area contributed by atoms with E-state index in [-0.39, 0.29) is 29.1 Å². The van der Waals surface area contributed by atoms with Gasteiger partial charge >= 0.3 is 6.18 Å². The molecule has 1 aromatic heterocycles. The Morgan fingerprint density at radius 3 is 2.42 bits per heavy atom. The van der Waals surface area contributed by atoms with E-state index in [1.54, 1.807) is 36.4 Å². The van der Waals surface area contributed by atoms with E-state index < -0.39 is 23.1 Å². The van der Waals surface area contributed by atoms with Crippen molar-refractivity contribution in [3.05, 3.63) is 96.7 Å². The molecule has 0 spiro atoms. The minimum Gasteiger partial charge on any atom is -0.489 e. The summed E-state index contributed by atoms with van der Waals surface area (Å²) < 4.78 is 57.6. The number of hydrogen-bond donors (Lipinski definition) is 0. The van der Waals surface area contributed by atoms with Gasteiger partial charge in [0.2, 0.25) is 11.2 Å². The number of hydrogen-bond acceptors (Lipinski definition) is 4. The number of halogens is 6. The highest BCUT2D eigenvalue weighted by molar-refractivity contribution is 9.10. The predicted molar refractivity (Wildman–Crippen MR) is 122 cm³/mol. The normalized spacial score (nSPS) is 11.6. The molecule has 0 aliphatic rings. The summed E-state index contributed by atoms with van der Waals surface area (Å²) in [4.78, 5) is 12.9. The number of rotatable bonds is 5. The van der Waals surface area contributed by atoms with E-state index in [2.05, 4.69) is 15.9 Å². The summed E-state index contributed by atoms with van der Waals surface area (Å²) >= 11 is 15.0. The Bertz CT molecular complexity index is 1400. The maximum absolute atomic E-state index is 13.7. The average Bonchev–Trinajstić information content (AvgIpc) is 2.77. The van der Waals surface area contributed by atoms with E-state index in [0.717, 1.165) is 0 Å². The Morgan fingerprint density at radius 2 is 1.73 bits per heavy atom. The Balaban J connectivity index is 1.72. The van der Waals surface area contributed by atoms with Crippen LogP contribution in [0.2, 0.25) is 10.0 Å². The van der Waals surface area contributed by atoms with Crippen LogP contribution in [0.25, 0.3) is 11.0 Å². The topological polar surface area (TPSA) is 48.7 Å². The zero-order chi connectivity index (χ0) is 23.8. The lowest BCUT2D eigenvalue weighted by atomic mass is 10.2. The lowest BCUT2D eigenvalue weighted by Crippen LogP contribution is -2.15. The van der Waals surface area contributed by atoms with Crippen molar-refractivity contribution >= 4 is 50.1 Å². The molecule has 0 bridgehead atoms. The summed E-state index contributed by atoms with van der Waals surface area (Å²) in [7, 11) is 0. The molecule has 0 aliphatic carbocycles. The van der Waals surface area contributed by atoms with Crippen LogP contribution >= 0.6 is 39.1 Å². The van der Waals surface area contributed by atoms with Gasteiger partial charge in [-0.3, -0.25) is 4.79 Å². The van der Waals surface area contributed by atoms with Gasteiger partial charge in [0.1, 0.15) is 23.7 Å². The van der Waals surface area contributed by atoms with Crippen molar-refractivity contribution in [2.75, 3.05) is 0 Å². The fourth-order valence-electron chi connectivity index (χ4n) is 2.96. The van der Waals surface area contributed by atoms with E-state index >= 15 is 0 Å². The number of para-hydroxylation sites is 1.